The van der Waals surface area contributed by atoms with Crippen LogP contribution < -0.4 is 19.5 Å². The maximum absolute atomic E-state index is 14.8. The molecule has 1 aromatic heterocycles. The number of aromatic nitrogens is 1. The number of fused-ring (bicyclic) bond motifs is 1. The van der Waals surface area contributed by atoms with Crippen molar-refractivity contribution in [2.75, 3.05) is 33.0 Å². The number of carbonyl (C=O) groups is 4. The van der Waals surface area contributed by atoms with E-state index in [1.165, 1.54) is 11.0 Å². The highest BCUT2D eigenvalue weighted by Crippen LogP contribution is 2.45. The molecule has 5 atom stereocenters. The van der Waals surface area contributed by atoms with Crippen molar-refractivity contribution in [2.45, 2.75) is 77.0 Å². The van der Waals surface area contributed by atoms with E-state index < -0.39 is 56.8 Å². The lowest BCUT2D eigenvalue weighted by Crippen LogP contribution is -2.57. The van der Waals surface area contributed by atoms with Gasteiger partial charge in [-0.2, -0.15) is 0 Å². The van der Waals surface area contributed by atoms with Crippen molar-refractivity contribution < 1.29 is 37.1 Å². The van der Waals surface area contributed by atoms with Gasteiger partial charge in [-0.05, 0) is 43.2 Å². The molecule has 14 heteroatoms. The number of rotatable bonds is 12. The monoisotopic (exact) mass is 773 g/mol. The molecule has 2 saturated heterocycles. The average Bonchev–Trinajstić information content (AvgIpc) is 3.71. The quantitative estimate of drug-likeness (QED) is 0.253. The van der Waals surface area contributed by atoms with E-state index in [4.69, 9.17) is 14.5 Å². The topological polar surface area (TPSA) is 164 Å². The third-order valence-corrected chi connectivity index (χ3v) is 11.5. The van der Waals surface area contributed by atoms with Crippen LogP contribution in [0.15, 0.2) is 67.3 Å². The first-order valence-corrected chi connectivity index (χ1v) is 20.7. The van der Waals surface area contributed by atoms with Crippen molar-refractivity contribution in [3.8, 4) is 22.8 Å². The lowest BCUT2D eigenvalue weighted by atomic mass is 9.77. The Kier molecular flexibility index (Phi) is 11.3. The van der Waals surface area contributed by atoms with E-state index in [1.54, 1.807) is 13.2 Å². The molecule has 2 aliphatic heterocycles. The zero-order valence-electron chi connectivity index (χ0n) is 32.2. The van der Waals surface area contributed by atoms with Crippen LogP contribution in [-0.2, 0) is 29.2 Å². The molecular weight excluding hydrogens is 723 g/mol. The number of nitrogens with one attached hydrogen (secondary N) is 2. The van der Waals surface area contributed by atoms with E-state index in [0.717, 1.165) is 31.1 Å². The molecule has 6 rings (SSSR count). The van der Waals surface area contributed by atoms with E-state index in [1.807, 2.05) is 78.9 Å². The number of hydrogen-bond donors (Lipinski definition) is 2. The molecule has 2 aromatic carbocycles. The van der Waals surface area contributed by atoms with Crippen LogP contribution in [-0.4, -0.2) is 97.5 Å². The molecule has 3 aromatic rings. The Morgan fingerprint density at radius 2 is 1.76 bits per heavy atom. The van der Waals surface area contributed by atoms with Gasteiger partial charge < -0.3 is 24.6 Å². The minimum atomic E-state index is -3.93. The molecule has 13 nitrogen and oxygen atoms in total. The first-order valence-electron chi connectivity index (χ1n) is 18.8. The summed E-state index contributed by atoms with van der Waals surface area (Å²) in [4.78, 5) is 64.2. The van der Waals surface area contributed by atoms with Gasteiger partial charge in [-0.15, -0.1) is 6.58 Å². The minimum absolute atomic E-state index is 0.0187. The fourth-order valence-electron chi connectivity index (χ4n) is 7.72. The van der Waals surface area contributed by atoms with Crippen LogP contribution in [0.3, 0.4) is 0 Å². The number of hydrogen-bond acceptors (Lipinski definition) is 9. The summed E-state index contributed by atoms with van der Waals surface area (Å²) in [6.07, 6.45) is 4.77. The number of nitrogens with zero attached hydrogens (tertiary/aromatic N) is 3. The second-order valence-electron chi connectivity index (χ2n) is 16.0. The predicted octanol–water partition coefficient (Wildman–Crippen LogP) is 4.46. The first-order chi connectivity index (χ1) is 26.0. The van der Waals surface area contributed by atoms with Gasteiger partial charge in [0.2, 0.25) is 27.7 Å². The standard InChI is InChI=1S/C41H51N5O8S/c1-7-27-24-41(27,39(50)44-55(6,51)52)43-37(48)34-21-29(25-46(34)38(49)31(40(2,3)4)22-36(47)45-18-12-9-13-19-45)54-35-23-32(26-14-10-8-11-15-26)42-33-20-28(53-5)16-17-30(33)35/h7-8,10-11,14-17,20,23,27,29,31,34H,1,9,12-13,18-19,21-22,24-25H2,2-6H3,(H,43,48)(H,44,50)/t27-,29-,31-,34+,41-/m1/s1. The van der Waals surface area contributed by atoms with Crippen molar-refractivity contribution in [3.63, 3.8) is 0 Å². The van der Waals surface area contributed by atoms with Gasteiger partial charge in [0, 0.05) is 54.9 Å². The van der Waals surface area contributed by atoms with Crippen LogP contribution in [0.5, 0.6) is 11.5 Å². The summed E-state index contributed by atoms with van der Waals surface area (Å²) in [5.74, 6) is -2.14. The maximum Gasteiger partial charge on any atom is 0.259 e. The number of likely N-dealkylation sites (tertiary alicyclic amines) is 2. The highest BCUT2D eigenvalue weighted by atomic mass is 32.2. The zero-order chi connectivity index (χ0) is 39.7. The molecule has 55 heavy (non-hydrogen) atoms. The molecule has 3 fully saturated rings. The summed E-state index contributed by atoms with van der Waals surface area (Å²) >= 11 is 0. The van der Waals surface area contributed by atoms with Gasteiger partial charge in [0.25, 0.3) is 5.91 Å². The van der Waals surface area contributed by atoms with E-state index in [9.17, 15) is 27.6 Å². The number of piperidine rings is 1. The van der Waals surface area contributed by atoms with Gasteiger partial charge in [-0.25, -0.2) is 13.4 Å². The van der Waals surface area contributed by atoms with Crippen molar-refractivity contribution in [2.24, 2.45) is 17.3 Å². The van der Waals surface area contributed by atoms with Crippen LogP contribution in [0.4, 0.5) is 0 Å². The Morgan fingerprint density at radius 3 is 2.38 bits per heavy atom. The molecule has 0 spiro atoms. The fourth-order valence-corrected chi connectivity index (χ4v) is 8.24. The Labute approximate surface area is 322 Å². The van der Waals surface area contributed by atoms with Gasteiger partial charge in [-0.3, -0.25) is 23.9 Å². The molecule has 3 aliphatic rings. The zero-order valence-corrected chi connectivity index (χ0v) is 33.0. The Balaban J connectivity index is 1.35. The summed E-state index contributed by atoms with van der Waals surface area (Å²) in [5, 5.41) is 3.51. The van der Waals surface area contributed by atoms with E-state index in [0.29, 0.717) is 41.2 Å². The summed E-state index contributed by atoms with van der Waals surface area (Å²) in [5.41, 5.74) is -0.0442. The summed E-state index contributed by atoms with van der Waals surface area (Å²) in [6, 6.07) is 15.8. The summed E-state index contributed by atoms with van der Waals surface area (Å²) in [7, 11) is -2.36. The highest BCUT2D eigenvalue weighted by molar-refractivity contribution is 7.89. The van der Waals surface area contributed by atoms with Crippen molar-refractivity contribution in [1.82, 2.24) is 24.8 Å². The van der Waals surface area contributed by atoms with Crippen molar-refractivity contribution in [3.05, 3.63) is 67.3 Å². The summed E-state index contributed by atoms with van der Waals surface area (Å²) in [6.45, 7) is 10.8. The van der Waals surface area contributed by atoms with Gasteiger partial charge in [0.05, 0.1) is 37.0 Å². The summed E-state index contributed by atoms with van der Waals surface area (Å²) < 4.78 is 38.3. The number of ether oxygens (including phenoxy) is 2. The molecule has 1 aliphatic carbocycles. The van der Waals surface area contributed by atoms with Crippen LogP contribution in [0.1, 0.15) is 59.3 Å². The average molecular weight is 774 g/mol. The molecule has 294 valence electrons. The van der Waals surface area contributed by atoms with E-state index in [2.05, 4.69) is 11.9 Å². The van der Waals surface area contributed by atoms with Gasteiger partial charge in [-0.1, -0.05) is 57.2 Å². The maximum atomic E-state index is 14.8. The molecule has 0 radical (unpaired) electrons. The van der Waals surface area contributed by atoms with Gasteiger partial charge in [0.15, 0.2) is 0 Å². The lowest BCUT2D eigenvalue weighted by molar-refractivity contribution is -0.148. The van der Waals surface area contributed by atoms with E-state index >= 15 is 0 Å². The number of methoxy groups -OCH3 is 1. The highest BCUT2D eigenvalue weighted by Gasteiger charge is 2.61. The minimum Gasteiger partial charge on any atom is -0.497 e. The molecular formula is C41H51N5O8S. The normalized spacial score (nSPS) is 23.1. The third-order valence-electron chi connectivity index (χ3n) is 11.0. The number of pyridine rings is 1. The second kappa shape index (κ2) is 15.6. The number of carbonyl (C=O) groups excluding carboxylic acids is 4. The van der Waals surface area contributed by atoms with Crippen LogP contribution in [0.25, 0.3) is 22.2 Å². The van der Waals surface area contributed by atoms with Gasteiger partial charge >= 0.3 is 0 Å². The fraction of sp³-hybridized carbons (Fsp3) is 0.488. The number of benzene rings is 2. The second-order valence-corrected chi connectivity index (χ2v) is 17.8. The smallest absolute Gasteiger partial charge is 0.259 e. The molecule has 0 unspecified atom stereocenters. The Hall–Kier alpha value is -4.98. The first kappa shape index (κ1) is 39.7. The molecule has 3 heterocycles. The molecule has 1 saturated carbocycles. The SMILES string of the molecule is C=C[C@@H]1C[C@]1(NC(=O)[C@@H]1C[C@@H](Oc2cc(-c3ccccc3)nc3cc(OC)ccc23)CN1C(=O)[C@@H](CC(=O)N1CCCCC1)C(C)(C)C)C(=O)NS(C)(=O)=O. The van der Waals surface area contributed by atoms with Crippen LogP contribution in [0.2, 0.25) is 0 Å². The van der Waals surface area contributed by atoms with Crippen molar-refractivity contribution in [1.29, 1.82) is 0 Å². The number of sulfonamides is 1. The van der Waals surface area contributed by atoms with E-state index in [-0.39, 0.29) is 37.6 Å². The van der Waals surface area contributed by atoms with Crippen LogP contribution >= 0.6 is 0 Å². The number of amides is 4. The Morgan fingerprint density at radius 1 is 1.05 bits per heavy atom. The lowest BCUT2D eigenvalue weighted by Gasteiger charge is -2.36. The molecule has 4 amide bonds. The molecule has 2 N–H and O–H groups in total. The molecule has 0 bridgehead atoms. The van der Waals surface area contributed by atoms with Gasteiger partial charge in [0.1, 0.15) is 29.2 Å². The third kappa shape index (κ3) is 8.79. The van der Waals surface area contributed by atoms with Crippen LogP contribution in [0, 0.1) is 17.3 Å². The van der Waals surface area contributed by atoms with Crippen molar-refractivity contribution >= 4 is 44.6 Å². The predicted molar refractivity (Wildman–Crippen MR) is 208 cm³/mol. The largest absolute Gasteiger partial charge is 0.497 e. The Bertz CT molecular complexity index is 2080.